The summed E-state index contributed by atoms with van der Waals surface area (Å²) in [5.74, 6) is 1.16. The van der Waals surface area contributed by atoms with Gasteiger partial charge in [0, 0.05) is 25.5 Å². The van der Waals surface area contributed by atoms with Crippen LogP contribution < -0.4 is 19.5 Å². The quantitative estimate of drug-likeness (QED) is 0.502. The summed E-state index contributed by atoms with van der Waals surface area (Å²) >= 11 is 1.08. The van der Waals surface area contributed by atoms with E-state index in [9.17, 15) is 13.2 Å². The van der Waals surface area contributed by atoms with E-state index in [4.69, 9.17) is 9.47 Å². The minimum Gasteiger partial charge on any atom is -0.497 e. The number of benzene rings is 1. The molecule has 0 saturated heterocycles. The molecule has 2 atom stereocenters. The highest BCUT2D eigenvalue weighted by Crippen LogP contribution is 2.29. The van der Waals surface area contributed by atoms with Crippen molar-refractivity contribution in [2.24, 2.45) is 7.05 Å². The zero-order valence-corrected chi connectivity index (χ0v) is 19.2. The Balaban J connectivity index is 1.89. The maximum absolute atomic E-state index is 13.0. The van der Waals surface area contributed by atoms with Crippen LogP contribution in [0.15, 0.2) is 52.3 Å². The topological polar surface area (TPSA) is 112 Å². The van der Waals surface area contributed by atoms with E-state index in [0.29, 0.717) is 22.9 Å². The normalized spacial score (nSPS) is 13.4. The Morgan fingerprint density at radius 3 is 2.39 bits per heavy atom. The molecule has 0 aliphatic carbocycles. The van der Waals surface area contributed by atoms with Crippen molar-refractivity contribution in [3.8, 4) is 11.5 Å². The number of imidazole rings is 1. The second-order valence-electron chi connectivity index (χ2n) is 6.76. The molecule has 2 heterocycles. The Morgan fingerprint density at radius 1 is 1.19 bits per heavy atom. The Kier molecular flexibility index (Phi) is 6.98. The van der Waals surface area contributed by atoms with Gasteiger partial charge in [-0.3, -0.25) is 4.79 Å². The van der Waals surface area contributed by atoms with Crippen LogP contribution >= 0.6 is 11.3 Å². The maximum atomic E-state index is 13.0. The lowest BCUT2D eigenvalue weighted by atomic mass is 10.0. The second-order valence-corrected chi connectivity index (χ2v) is 9.65. The second kappa shape index (κ2) is 9.50. The Bertz CT molecular complexity index is 1120. The van der Waals surface area contributed by atoms with Crippen LogP contribution in [0.1, 0.15) is 24.4 Å². The van der Waals surface area contributed by atoms with Gasteiger partial charge in [-0.15, -0.1) is 11.3 Å². The number of carbonyl (C=O) groups excluding carboxylic acids is 1. The smallest absolute Gasteiger partial charge is 0.250 e. The fourth-order valence-electron chi connectivity index (χ4n) is 2.98. The first kappa shape index (κ1) is 22.8. The Hall–Kier alpha value is -2.89. The third-order valence-corrected chi connectivity index (χ3v) is 7.53. The number of carbonyl (C=O) groups is 1. The van der Waals surface area contributed by atoms with Crippen molar-refractivity contribution < 1.29 is 22.7 Å². The number of nitrogens with zero attached hydrogens (tertiary/aromatic N) is 2. The molecule has 0 aliphatic rings. The van der Waals surface area contributed by atoms with Gasteiger partial charge in [-0.1, -0.05) is 6.07 Å². The fourth-order valence-corrected chi connectivity index (χ4v) is 5.19. The molecule has 1 aromatic carbocycles. The molecule has 0 saturated carbocycles. The van der Waals surface area contributed by atoms with Gasteiger partial charge in [0.2, 0.25) is 5.91 Å². The number of thiophene rings is 1. The summed E-state index contributed by atoms with van der Waals surface area (Å²) in [5.41, 5.74) is 0.673. The summed E-state index contributed by atoms with van der Waals surface area (Å²) in [7, 11) is 1.08. The molecule has 0 aliphatic heterocycles. The minimum atomic E-state index is -3.80. The molecule has 166 valence electrons. The number of ether oxygens (including phenoxy) is 2. The predicted molar refractivity (Wildman–Crippen MR) is 117 cm³/mol. The number of amides is 1. The Labute approximate surface area is 185 Å². The molecule has 11 heteroatoms. The highest BCUT2D eigenvalue weighted by atomic mass is 32.2. The van der Waals surface area contributed by atoms with Crippen molar-refractivity contribution >= 4 is 27.3 Å². The van der Waals surface area contributed by atoms with E-state index in [-0.39, 0.29) is 4.21 Å². The van der Waals surface area contributed by atoms with Gasteiger partial charge in [-0.05, 0) is 36.1 Å². The number of rotatable bonds is 9. The van der Waals surface area contributed by atoms with E-state index in [1.165, 1.54) is 27.2 Å². The summed E-state index contributed by atoms with van der Waals surface area (Å²) in [6.07, 6.45) is 3.38. The fraction of sp³-hybridized carbons (Fsp3) is 0.300. The summed E-state index contributed by atoms with van der Waals surface area (Å²) in [6.45, 7) is 1.49. The Morgan fingerprint density at radius 2 is 1.87 bits per heavy atom. The van der Waals surface area contributed by atoms with Gasteiger partial charge in [0.25, 0.3) is 10.0 Å². The summed E-state index contributed by atoms with van der Waals surface area (Å²) < 4.78 is 40.0. The third-order valence-electron chi connectivity index (χ3n) is 4.60. The molecule has 31 heavy (non-hydrogen) atoms. The number of sulfonamides is 1. The first-order chi connectivity index (χ1) is 14.7. The highest BCUT2D eigenvalue weighted by molar-refractivity contribution is 7.91. The average Bonchev–Trinajstić information content (AvgIpc) is 3.43. The lowest BCUT2D eigenvalue weighted by Gasteiger charge is -2.22. The molecular weight excluding hydrogens is 440 g/mol. The number of aryl methyl sites for hydroxylation is 1. The maximum Gasteiger partial charge on any atom is 0.250 e. The van der Waals surface area contributed by atoms with E-state index in [2.05, 4.69) is 15.0 Å². The average molecular weight is 465 g/mol. The lowest BCUT2D eigenvalue weighted by Crippen LogP contribution is -2.46. The summed E-state index contributed by atoms with van der Waals surface area (Å²) in [6, 6.07) is 6.70. The van der Waals surface area contributed by atoms with Gasteiger partial charge >= 0.3 is 0 Å². The summed E-state index contributed by atoms with van der Waals surface area (Å²) in [4.78, 5) is 17.3. The zero-order valence-electron chi connectivity index (χ0n) is 17.5. The third kappa shape index (κ3) is 5.24. The molecule has 0 radical (unpaired) electrons. The van der Waals surface area contributed by atoms with E-state index in [0.717, 1.165) is 11.3 Å². The molecule has 0 bridgehead atoms. The van der Waals surface area contributed by atoms with Crippen molar-refractivity contribution in [3.05, 3.63) is 59.5 Å². The monoisotopic (exact) mass is 464 g/mol. The molecule has 9 nitrogen and oxygen atoms in total. The first-order valence-electron chi connectivity index (χ1n) is 9.31. The van der Waals surface area contributed by atoms with Crippen LogP contribution in [0.4, 0.5) is 0 Å². The van der Waals surface area contributed by atoms with Gasteiger partial charge in [0.1, 0.15) is 27.6 Å². The van der Waals surface area contributed by atoms with Crippen molar-refractivity contribution in [1.82, 2.24) is 19.6 Å². The molecule has 2 unspecified atom stereocenters. The number of methoxy groups -OCH3 is 2. The van der Waals surface area contributed by atoms with Crippen molar-refractivity contribution in [1.29, 1.82) is 0 Å². The molecule has 0 spiro atoms. The molecule has 2 N–H and O–H groups in total. The first-order valence-corrected chi connectivity index (χ1v) is 11.7. The van der Waals surface area contributed by atoms with E-state index in [1.807, 2.05) is 7.05 Å². The van der Waals surface area contributed by atoms with Crippen LogP contribution in [0.25, 0.3) is 0 Å². The SMILES string of the molecule is COc1cc(OC)cc(C(NC(=O)C(C)NS(=O)(=O)c2cccs2)c2nccn2C)c1. The van der Waals surface area contributed by atoms with Crippen LogP contribution in [-0.4, -0.2) is 44.1 Å². The molecular formula is C20H24N4O5S2. The van der Waals surface area contributed by atoms with E-state index < -0.39 is 28.0 Å². The minimum absolute atomic E-state index is 0.144. The van der Waals surface area contributed by atoms with Crippen molar-refractivity contribution in [2.45, 2.75) is 23.2 Å². The van der Waals surface area contributed by atoms with Crippen molar-refractivity contribution in [3.63, 3.8) is 0 Å². The van der Waals surface area contributed by atoms with Gasteiger partial charge in [-0.25, -0.2) is 13.4 Å². The number of nitrogens with one attached hydrogen (secondary N) is 2. The largest absolute Gasteiger partial charge is 0.497 e. The van der Waals surface area contributed by atoms with Crippen LogP contribution in [0, 0.1) is 0 Å². The standard InChI is InChI=1S/C20H24N4O5S2/c1-13(23-31(26,27)17-6-5-9-30-17)20(25)22-18(19-21-7-8-24(19)2)14-10-15(28-3)12-16(11-14)29-4/h5-13,18,23H,1-4H3,(H,22,25). The number of hydrogen-bond donors (Lipinski definition) is 2. The van der Waals surface area contributed by atoms with Crippen LogP contribution in [0.5, 0.6) is 11.5 Å². The van der Waals surface area contributed by atoms with Crippen LogP contribution in [0.3, 0.4) is 0 Å². The zero-order chi connectivity index (χ0) is 22.6. The predicted octanol–water partition coefficient (Wildman–Crippen LogP) is 2.07. The van der Waals surface area contributed by atoms with Gasteiger partial charge in [0.15, 0.2) is 0 Å². The molecule has 3 aromatic rings. The van der Waals surface area contributed by atoms with Crippen molar-refractivity contribution in [2.75, 3.05) is 14.2 Å². The molecule has 1 amide bonds. The molecule has 3 rings (SSSR count). The van der Waals surface area contributed by atoms with Gasteiger partial charge in [-0.2, -0.15) is 4.72 Å². The number of hydrogen-bond acceptors (Lipinski definition) is 7. The van der Waals surface area contributed by atoms with Gasteiger partial charge in [0.05, 0.1) is 20.3 Å². The lowest BCUT2D eigenvalue weighted by molar-refractivity contribution is -0.122. The van der Waals surface area contributed by atoms with Gasteiger partial charge < -0.3 is 19.4 Å². The van der Waals surface area contributed by atoms with Crippen LogP contribution in [0.2, 0.25) is 0 Å². The van der Waals surface area contributed by atoms with E-state index in [1.54, 1.807) is 46.6 Å². The summed E-state index contributed by atoms with van der Waals surface area (Å²) in [5, 5.41) is 4.55. The van der Waals surface area contributed by atoms with Crippen LogP contribution in [-0.2, 0) is 21.9 Å². The van der Waals surface area contributed by atoms with E-state index >= 15 is 0 Å². The number of aromatic nitrogens is 2. The molecule has 2 aromatic heterocycles. The molecule has 0 fully saturated rings. The highest BCUT2D eigenvalue weighted by Gasteiger charge is 2.27.